The van der Waals surface area contributed by atoms with Gasteiger partial charge in [-0.1, -0.05) is 0 Å². The normalized spacial score (nSPS) is 25.9. The van der Waals surface area contributed by atoms with Crippen molar-refractivity contribution in [3.8, 4) is 0 Å². The lowest BCUT2D eigenvalue weighted by atomic mass is 10.1. The van der Waals surface area contributed by atoms with Crippen LogP contribution in [0.3, 0.4) is 0 Å². The number of aliphatic hydroxyl groups is 1. The molecule has 0 aromatic rings. The van der Waals surface area contributed by atoms with Gasteiger partial charge in [-0.25, -0.2) is 0 Å². The molecule has 1 aliphatic heterocycles. The van der Waals surface area contributed by atoms with Crippen LogP contribution < -0.4 is 0 Å². The number of likely N-dealkylation sites (N-methyl/N-ethyl adjacent to an activating group) is 1. The Morgan fingerprint density at radius 2 is 2.07 bits per heavy atom. The van der Waals surface area contributed by atoms with Gasteiger partial charge in [-0.15, -0.1) is 0 Å². The van der Waals surface area contributed by atoms with Crippen molar-refractivity contribution in [1.29, 1.82) is 0 Å². The zero-order valence-electron chi connectivity index (χ0n) is 9.74. The maximum absolute atomic E-state index is 8.83. The molecule has 1 unspecified atom stereocenters. The summed E-state index contributed by atoms with van der Waals surface area (Å²) in [6.45, 7) is 8.35. The van der Waals surface area contributed by atoms with Gasteiger partial charge in [-0.3, -0.25) is 4.90 Å². The standard InChI is InChI=1S/C11H24N2O/c1-10(2)13-7-6-12(3)11(9-13)5-4-8-14/h10-11,14H,4-9H2,1-3H3. The van der Waals surface area contributed by atoms with Crippen LogP contribution in [0, 0.1) is 0 Å². The number of hydrogen-bond donors (Lipinski definition) is 1. The number of nitrogens with zero attached hydrogens (tertiary/aromatic N) is 2. The van der Waals surface area contributed by atoms with Crippen molar-refractivity contribution in [2.24, 2.45) is 0 Å². The summed E-state index contributed by atoms with van der Waals surface area (Å²) in [5, 5.41) is 8.83. The molecule has 0 amide bonds. The highest BCUT2D eigenvalue weighted by atomic mass is 16.2. The second-order valence-electron chi connectivity index (χ2n) is 4.59. The van der Waals surface area contributed by atoms with Gasteiger partial charge in [-0.05, 0) is 33.7 Å². The molecule has 14 heavy (non-hydrogen) atoms. The van der Waals surface area contributed by atoms with E-state index in [-0.39, 0.29) is 0 Å². The Bertz CT molecular complexity index is 161. The lowest BCUT2D eigenvalue weighted by molar-refractivity contribution is 0.0668. The Kier molecular flexibility index (Phi) is 4.85. The molecule has 0 aromatic heterocycles. The highest BCUT2D eigenvalue weighted by Gasteiger charge is 2.24. The van der Waals surface area contributed by atoms with Gasteiger partial charge in [0.25, 0.3) is 0 Å². The van der Waals surface area contributed by atoms with E-state index >= 15 is 0 Å². The van der Waals surface area contributed by atoms with Crippen LogP contribution in [0.2, 0.25) is 0 Å². The second-order valence-corrected chi connectivity index (χ2v) is 4.59. The smallest absolute Gasteiger partial charge is 0.0431 e. The average molecular weight is 200 g/mol. The van der Waals surface area contributed by atoms with E-state index in [4.69, 9.17) is 5.11 Å². The molecule has 3 nitrogen and oxygen atoms in total. The van der Waals surface area contributed by atoms with Crippen molar-refractivity contribution in [3.63, 3.8) is 0 Å². The summed E-state index contributed by atoms with van der Waals surface area (Å²) in [6.07, 6.45) is 2.05. The van der Waals surface area contributed by atoms with Crippen molar-refractivity contribution in [3.05, 3.63) is 0 Å². The molecule has 1 saturated heterocycles. The predicted octanol–water partition coefficient (Wildman–Crippen LogP) is 0.783. The van der Waals surface area contributed by atoms with E-state index in [1.165, 1.54) is 6.54 Å². The van der Waals surface area contributed by atoms with E-state index < -0.39 is 0 Å². The van der Waals surface area contributed by atoms with Gasteiger partial charge in [-0.2, -0.15) is 0 Å². The molecule has 0 aliphatic carbocycles. The van der Waals surface area contributed by atoms with Crippen molar-refractivity contribution in [2.75, 3.05) is 33.3 Å². The molecule has 0 spiro atoms. The topological polar surface area (TPSA) is 26.7 Å². The van der Waals surface area contributed by atoms with Gasteiger partial charge >= 0.3 is 0 Å². The first-order chi connectivity index (χ1) is 6.65. The number of rotatable bonds is 4. The Balaban J connectivity index is 2.38. The third kappa shape index (κ3) is 3.23. The Morgan fingerprint density at radius 1 is 1.36 bits per heavy atom. The largest absolute Gasteiger partial charge is 0.396 e. The van der Waals surface area contributed by atoms with E-state index in [1.807, 2.05) is 0 Å². The maximum atomic E-state index is 8.83. The molecule has 1 heterocycles. The first kappa shape index (κ1) is 12.0. The van der Waals surface area contributed by atoms with Crippen molar-refractivity contribution in [2.45, 2.75) is 38.8 Å². The van der Waals surface area contributed by atoms with Crippen LogP contribution in [-0.2, 0) is 0 Å². The highest BCUT2D eigenvalue weighted by Crippen LogP contribution is 2.14. The van der Waals surface area contributed by atoms with Crippen molar-refractivity contribution < 1.29 is 5.11 Å². The summed E-state index contributed by atoms with van der Waals surface area (Å²) in [5.41, 5.74) is 0. The summed E-state index contributed by atoms with van der Waals surface area (Å²) < 4.78 is 0. The Hall–Kier alpha value is -0.120. The van der Waals surface area contributed by atoms with Crippen LogP contribution in [0.15, 0.2) is 0 Å². The predicted molar refractivity (Wildman–Crippen MR) is 59.4 cm³/mol. The maximum Gasteiger partial charge on any atom is 0.0431 e. The molecule has 0 saturated carbocycles. The summed E-state index contributed by atoms with van der Waals surface area (Å²) >= 11 is 0. The summed E-state index contributed by atoms with van der Waals surface area (Å²) in [6, 6.07) is 1.29. The summed E-state index contributed by atoms with van der Waals surface area (Å²) in [7, 11) is 2.19. The first-order valence-corrected chi connectivity index (χ1v) is 5.70. The highest BCUT2D eigenvalue weighted by molar-refractivity contribution is 4.81. The van der Waals surface area contributed by atoms with Gasteiger partial charge in [0.15, 0.2) is 0 Å². The van der Waals surface area contributed by atoms with E-state index in [0.717, 1.165) is 25.9 Å². The number of hydrogen-bond acceptors (Lipinski definition) is 3. The minimum atomic E-state index is 0.325. The SMILES string of the molecule is CC(C)N1CCN(C)C(CCCO)C1. The van der Waals surface area contributed by atoms with Gasteiger partial charge in [0.1, 0.15) is 0 Å². The third-order valence-electron chi connectivity index (χ3n) is 3.23. The molecular weight excluding hydrogens is 176 g/mol. The molecule has 1 N–H and O–H groups in total. The lowest BCUT2D eigenvalue weighted by Crippen LogP contribution is -2.53. The molecule has 1 fully saturated rings. The van der Waals surface area contributed by atoms with Crippen LogP contribution in [0.1, 0.15) is 26.7 Å². The molecule has 84 valence electrons. The summed E-state index contributed by atoms with van der Waals surface area (Å²) in [4.78, 5) is 4.95. The molecular formula is C11H24N2O. The number of piperazine rings is 1. The molecule has 3 heteroatoms. The van der Waals surface area contributed by atoms with E-state index in [0.29, 0.717) is 18.7 Å². The van der Waals surface area contributed by atoms with Crippen molar-refractivity contribution in [1.82, 2.24) is 9.80 Å². The fourth-order valence-corrected chi connectivity index (χ4v) is 2.08. The monoisotopic (exact) mass is 200 g/mol. The minimum Gasteiger partial charge on any atom is -0.396 e. The summed E-state index contributed by atoms with van der Waals surface area (Å²) in [5.74, 6) is 0. The zero-order valence-corrected chi connectivity index (χ0v) is 9.74. The molecule has 0 bridgehead atoms. The van der Waals surface area contributed by atoms with E-state index in [1.54, 1.807) is 0 Å². The first-order valence-electron chi connectivity index (χ1n) is 5.70. The van der Waals surface area contributed by atoms with E-state index in [2.05, 4.69) is 30.7 Å². The molecule has 1 aliphatic rings. The van der Waals surface area contributed by atoms with E-state index in [9.17, 15) is 0 Å². The van der Waals surface area contributed by atoms with Crippen LogP contribution in [-0.4, -0.2) is 60.3 Å². The van der Waals surface area contributed by atoms with Crippen LogP contribution in [0.4, 0.5) is 0 Å². The second kappa shape index (κ2) is 5.69. The minimum absolute atomic E-state index is 0.325. The van der Waals surface area contributed by atoms with Crippen molar-refractivity contribution >= 4 is 0 Å². The Labute approximate surface area is 87.7 Å². The van der Waals surface area contributed by atoms with Gasteiger partial charge in [0.2, 0.25) is 0 Å². The average Bonchev–Trinajstić information content (AvgIpc) is 2.16. The molecule has 1 rings (SSSR count). The quantitative estimate of drug-likeness (QED) is 0.726. The third-order valence-corrected chi connectivity index (χ3v) is 3.23. The molecule has 0 radical (unpaired) electrons. The van der Waals surface area contributed by atoms with Crippen LogP contribution >= 0.6 is 0 Å². The fourth-order valence-electron chi connectivity index (χ4n) is 2.08. The molecule has 0 aromatic carbocycles. The van der Waals surface area contributed by atoms with Gasteiger partial charge in [0, 0.05) is 38.3 Å². The lowest BCUT2D eigenvalue weighted by Gasteiger charge is -2.41. The number of aliphatic hydroxyl groups excluding tert-OH is 1. The fraction of sp³-hybridized carbons (Fsp3) is 1.00. The molecule has 1 atom stereocenters. The van der Waals surface area contributed by atoms with Crippen LogP contribution in [0.5, 0.6) is 0 Å². The Morgan fingerprint density at radius 3 is 2.64 bits per heavy atom. The van der Waals surface area contributed by atoms with Crippen LogP contribution in [0.25, 0.3) is 0 Å². The zero-order chi connectivity index (χ0) is 10.6. The van der Waals surface area contributed by atoms with Gasteiger partial charge < -0.3 is 10.0 Å². The van der Waals surface area contributed by atoms with Gasteiger partial charge in [0.05, 0.1) is 0 Å².